The second-order valence-corrected chi connectivity index (χ2v) is 7.10. The Morgan fingerprint density at radius 3 is 2.70 bits per heavy atom. The van der Waals surface area contributed by atoms with E-state index in [4.69, 9.17) is 4.42 Å². The molecule has 3 aromatic heterocycles. The number of fused-ring (bicyclic) bond motifs is 1. The number of rotatable bonds is 5. The van der Waals surface area contributed by atoms with Crippen LogP contribution in [0.25, 0.3) is 22.4 Å². The van der Waals surface area contributed by atoms with Crippen LogP contribution < -0.4 is 0 Å². The molecule has 0 radical (unpaired) electrons. The Bertz CT molecular complexity index is 960. The minimum absolute atomic E-state index is 0.188. The highest BCUT2D eigenvalue weighted by Crippen LogP contribution is 2.21. The quantitative estimate of drug-likeness (QED) is 0.684. The maximum absolute atomic E-state index is 12.5. The fourth-order valence-corrected chi connectivity index (χ4v) is 3.28. The largest absolute Gasteiger partial charge is 0.439 e. The lowest BCUT2D eigenvalue weighted by Crippen LogP contribution is -2.46. The van der Waals surface area contributed by atoms with Crippen LogP contribution in [0.4, 0.5) is 0 Å². The Balaban J connectivity index is 1.48. The van der Waals surface area contributed by atoms with Gasteiger partial charge >= 0.3 is 0 Å². The van der Waals surface area contributed by atoms with Gasteiger partial charge in [-0.15, -0.1) is 0 Å². The minimum Gasteiger partial charge on any atom is -0.439 e. The van der Waals surface area contributed by atoms with E-state index in [1.54, 1.807) is 19.3 Å². The van der Waals surface area contributed by atoms with Crippen LogP contribution >= 0.6 is 0 Å². The Labute approximate surface area is 158 Å². The number of Topliss-reactive ketones (excluding diaryl/α,β-unsaturated/α-hetero) is 1. The molecular weight excluding hydrogens is 342 g/mol. The van der Waals surface area contributed by atoms with Gasteiger partial charge in [0.25, 0.3) is 0 Å². The molecule has 0 aliphatic carbocycles. The summed E-state index contributed by atoms with van der Waals surface area (Å²) in [5, 5.41) is 0.935. The summed E-state index contributed by atoms with van der Waals surface area (Å²) >= 11 is 0. The lowest BCUT2D eigenvalue weighted by Gasteiger charge is -2.31. The van der Waals surface area contributed by atoms with E-state index in [-0.39, 0.29) is 5.78 Å². The van der Waals surface area contributed by atoms with Gasteiger partial charge in [-0.25, -0.2) is 9.97 Å². The number of piperazine rings is 1. The normalized spacial score (nSPS) is 16.1. The number of hydrogen-bond donors (Lipinski definition) is 0. The summed E-state index contributed by atoms with van der Waals surface area (Å²) in [6.07, 6.45) is 3.77. The van der Waals surface area contributed by atoms with Crippen LogP contribution in [0.15, 0.2) is 35.0 Å². The van der Waals surface area contributed by atoms with E-state index < -0.39 is 0 Å². The van der Waals surface area contributed by atoms with Gasteiger partial charge in [-0.1, -0.05) is 0 Å². The van der Waals surface area contributed by atoms with Crippen molar-refractivity contribution >= 4 is 16.7 Å². The van der Waals surface area contributed by atoms with Gasteiger partial charge in [-0.05, 0) is 25.2 Å². The molecule has 0 N–H and O–H groups in total. The molecule has 0 unspecified atom stereocenters. The average molecular weight is 365 g/mol. The predicted molar refractivity (Wildman–Crippen MR) is 102 cm³/mol. The molecule has 7 heteroatoms. The summed E-state index contributed by atoms with van der Waals surface area (Å²) < 4.78 is 5.55. The zero-order chi connectivity index (χ0) is 18.8. The first-order valence-electron chi connectivity index (χ1n) is 9.18. The Morgan fingerprint density at radius 2 is 1.96 bits per heavy atom. The molecule has 1 fully saturated rings. The molecule has 3 aromatic rings. The standard InChI is InChI=1S/C20H23N5O2/c1-14-21-12-20(27-14)18-4-3-15-11-22-16(10-19(15)23-18)9-17(26)13-25-7-5-24(2)6-8-25/h3-4,10-12H,5-9,13H2,1-2H3. The third kappa shape index (κ3) is 4.20. The number of likely N-dealkylation sites (N-methyl/N-ethyl adjacent to an activating group) is 1. The van der Waals surface area contributed by atoms with E-state index >= 15 is 0 Å². The van der Waals surface area contributed by atoms with Gasteiger partial charge < -0.3 is 9.32 Å². The molecule has 27 heavy (non-hydrogen) atoms. The van der Waals surface area contributed by atoms with Crippen molar-refractivity contribution in [3.63, 3.8) is 0 Å². The smallest absolute Gasteiger partial charge is 0.191 e. The van der Waals surface area contributed by atoms with Crippen LogP contribution in [0.3, 0.4) is 0 Å². The first-order valence-corrected chi connectivity index (χ1v) is 9.18. The molecule has 0 aromatic carbocycles. The molecule has 0 amide bonds. The molecule has 0 saturated carbocycles. The van der Waals surface area contributed by atoms with Gasteiger partial charge in [0.05, 0.1) is 24.7 Å². The maximum Gasteiger partial charge on any atom is 0.191 e. The third-order valence-electron chi connectivity index (χ3n) is 4.88. The third-order valence-corrected chi connectivity index (χ3v) is 4.88. The Kier molecular flexibility index (Phi) is 4.96. The lowest BCUT2D eigenvalue weighted by atomic mass is 10.1. The molecule has 1 aliphatic rings. The number of aryl methyl sites for hydroxylation is 1. The van der Waals surface area contributed by atoms with Crippen molar-refractivity contribution in [2.45, 2.75) is 13.3 Å². The van der Waals surface area contributed by atoms with Crippen LogP contribution in [0, 0.1) is 6.92 Å². The number of hydrogen-bond acceptors (Lipinski definition) is 7. The molecule has 0 bridgehead atoms. The first kappa shape index (κ1) is 17.8. The van der Waals surface area contributed by atoms with Crippen molar-refractivity contribution in [3.05, 3.63) is 42.2 Å². The summed E-state index contributed by atoms with van der Waals surface area (Å²) in [6.45, 7) is 6.19. The van der Waals surface area contributed by atoms with Crippen molar-refractivity contribution in [1.29, 1.82) is 0 Å². The second kappa shape index (κ2) is 7.54. The van der Waals surface area contributed by atoms with Crippen molar-refractivity contribution in [2.75, 3.05) is 39.8 Å². The Morgan fingerprint density at radius 1 is 1.15 bits per heavy atom. The molecule has 1 aliphatic heterocycles. The molecule has 7 nitrogen and oxygen atoms in total. The van der Waals surface area contributed by atoms with Gasteiger partial charge in [0.2, 0.25) is 0 Å². The van der Waals surface area contributed by atoms with Gasteiger partial charge in [0, 0.05) is 50.4 Å². The van der Waals surface area contributed by atoms with Crippen molar-refractivity contribution in [2.24, 2.45) is 0 Å². The lowest BCUT2D eigenvalue weighted by molar-refractivity contribution is -0.120. The number of carbonyl (C=O) groups excluding carboxylic acids is 1. The molecule has 0 atom stereocenters. The molecule has 140 valence electrons. The van der Waals surface area contributed by atoms with Crippen LogP contribution in [-0.2, 0) is 11.2 Å². The molecule has 1 saturated heterocycles. The fourth-order valence-electron chi connectivity index (χ4n) is 3.28. The highest BCUT2D eigenvalue weighted by Gasteiger charge is 2.17. The number of aromatic nitrogens is 3. The first-order chi connectivity index (χ1) is 13.1. The van der Waals surface area contributed by atoms with E-state index in [2.05, 4.69) is 31.8 Å². The van der Waals surface area contributed by atoms with Crippen LogP contribution in [-0.4, -0.2) is 70.3 Å². The van der Waals surface area contributed by atoms with Crippen LogP contribution in [0.5, 0.6) is 0 Å². The summed E-state index contributed by atoms with van der Waals surface area (Å²) in [4.78, 5) is 30.2. The highest BCUT2D eigenvalue weighted by atomic mass is 16.4. The summed E-state index contributed by atoms with van der Waals surface area (Å²) in [7, 11) is 2.11. The molecule has 4 heterocycles. The summed E-state index contributed by atoms with van der Waals surface area (Å²) in [5.74, 6) is 1.43. The monoisotopic (exact) mass is 365 g/mol. The minimum atomic E-state index is 0.188. The number of pyridine rings is 2. The van der Waals surface area contributed by atoms with E-state index in [1.807, 2.05) is 18.2 Å². The fraction of sp³-hybridized carbons (Fsp3) is 0.400. The van der Waals surface area contributed by atoms with Crippen molar-refractivity contribution in [3.8, 4) is 11.5 Å². The summed E-state index contributed by atoms with van der Waals surface area (Å²) in [5.41, 5.74) is 2.28. The Hall–Kier alpha value is -2.64. The zero-order valence-electron chi connectivity index (χ0n) is 15.7. The molecule has 0 spiro atoms. The maximum atomic E-state index is 12.5. The SMILES string of the molecule is Cc1ncc(-c2ccc3cnc(CC(=O)CN4CCN(C)CC4)cc3n2)o1. The van der Waals surface area contributed by atoms with E-state index in [1.165, 1.54) is 0 Å². The summed E-state index contributed by atoms with van der Waals surface area (Å²) in [6, 6.07) is 5.74. The highest BCUT2D eigenvalue weighted by molar-refractivity contribution is 5.85. The topological polar surface area (TPSA) is 75.4 Å². The number of ketones is 1. The molecular formula is C20H23N5O2. The average Bonchev–Trinajstić information content (AvgIpc) is 3.09. The van der Waals surface area contributed by atoms with Gasteiger partial charge in [-0.2, -0.15) is 0 Å². The second-order valence-electron chi connectivity index (χ2n) is 7.10. The van der Waals surface area contributed by atoms with Crippen molar-refractivity contribution in [1.82, 2.24) is 24.8 Å². The van der Waals surface area contributed by atoms with E-state index in [0.717, 1.165) is 48.5 Å². The van der Waals surface area contributed by atoms with Crippen molar-refractivity contribution < 1.29 is 9.21 Å². The number of oxazole rings is 1. The molecule has 4 rings (SSSR count). The van der Waals surface area contributed by atoms with Crippen LogP contribution in [0.2, 0.25) is 0 Å². The van der Waals surface area contributed by atoms with Gasteiger partial charge in [0.15, 0.2) is 17.4 Å². The van der Waals surface area contributed by atoms with Gasteiger partial charge in [0.1, 0.15) is 5.69 Å². The number of carbonyl (C=O) groups is 1. The number of nitrogens with zero attached hydrogens (tertiary/aromatic N) is 5. The zero-order valence-corrected chi connectivity index (χ0v) is 15.7. The van der Waals surface area contributed by atoms with Crippen LogP contribution in [0.1, 0.15) is 11.6 Å². The predicted octanol–water partition coefficient (Wildman–Crippen LogP) is 1.95. The van der Waals surface area contributed by atoms with E-state index in [9.17, 15) is 4.79 Å². The van der Waals surface area contributed by atoms with E-state index in [0.29, 0.717) is 24.6 Å². The van der Waals surface area contributed by atoms with Gasteiger partial charge in [-0.3, -0.25) is 14.7 Å².